The minimum absolute atomic E-state index is 0.458. The van der Waals surface area contributed by atoms with Crippen molar-refractivity contribution in [3.8, 4) is 5.75 Å². The van der Waals surface area contributed by atoms with Crippen LogP contribution in [-0.4, -0.2) is 19.2 Å². The molecule has 1 aromatic heterocycles. The number of halogens is 1. The Bertz CT molecular complexity index is 517. The quantitative estimate of drug-likeness (QED) is 0.660. The van der Waals surface area contributed by atoms with Gasteiger partial charge in [0.1, 0.15) is 16.6 Å². The summed E-state index contributed by atoms with van der Waals surface area (Å²) in [6, 6.07) is 5.59. The molecular formula is C11H11ClN2O2. The minimum atomic E-state index is 0.458. The molecule has 84 valence electrons. The van der Waals surface area contributed by atoms with Gasteiger partial charge in [0, 0.05) is 11.6 Å². The number of methoxy groups -OCH3 is 1. The van der Waals surface area contributed by atoms with Crippen LogP contribution in [0.3, 0.4) is 0 Å². The number of anilines is 1. The van der Waals surface area contributed by atoms with Crippen molar-refractivity contribution < 1.29 is 9.57 Å². The van der Waals surface area contributed by atoms with Crippen LogP contribution in [0.15, 0.2) is 24.4 Å². The van der Waals surface area contributed by atoms with Crippen molar-refractivity contribution in [3.05, 3.63) is 29.5 Å². The molecule has 5 heteroatoms. The van der Waals surface area contributed by atoms with E-state index in [4.69, 9.17) is 21.2 Å². The molecule has 0 aliphatic rings. The zero-order chi connectivity index (χ0) is 11.5. The van der Waals surface area contributed by atoms with E-state index in [0.29, 0.717) is 16.6 Å². The van der Waals surface area contributed by atoms with Gasteiger partial charge in [-0.1, -0.05) is 11.6 Å². The van der Waals surface area contributed by atoms with Gasteiger partial charge in [0.25, 0.3) is 0 Å². The molecule has 2 rings (SSSR count). The fraction of sp³-hybridized carbons (Fsp3) is 0.182. The Morgan fingerprint density at radius 3 is 2.81 bits per heavy atom. The van der Waals surface area contributed by atoms with Crippen LogP contribution < -0.4 is 10.2 Å². The lowest BCUT2D eigenvalue weighted by atomic mass is 10.1. The number of hydrogen-bond donors (Lipinski definition) is 1. The van der Waals surface area contributed by atoms with E-state index in [9.17, 15) is 0 Å². The molecule has 0 radical (unpaired) electrons. The van der Waals surface area contributed by atoms with Crippen molar-refractivity contribution in [1.82, 2.24) is 4.98 Å². The van der Waals surface area contributed by atoms with Crippen LogP contribution in [0.1, 0.15) is 0 Å². The molecule has 1 aromatic carbocycles. The maximum Gasteiger partial charge on any atom is 0.144 e. The highest BCUT2D eigenvalue weighted by molar-refractivity contribution is 6.34. The number of fused-ring (bicyclic) bond motifs is 1. The highest BCUT2D eigenvalue weighted by Crippen LogP contribution is 2.32. The summed E-state index contributed by atoms with van der Waals surface area (Å²) in [5.41, 5.74) is 3.45. The van der Waals surface area contributed by atoms with Crippen molar-refractivity contribution in [1.29, 1.82) is 0 Å². The third kappa shape index (κ3) is 1.89. The Morgan fingerprint density at radius 2 is 2.12 bits per heavy atom. The molecule has 4 nitrogen and oxygen atoms in total. The van der Waals surface area contributed by atoms with Crippen molar-refractivity contribution in [3.63, 3.8) is 0 Å². The first-order chi connectivity index (χ1) is 7.76. The van der Waals surface area contributed by atoms with Crippen molar-refractivity contribution >= 4 is 28.1 Å². The summed E-state index contributed by atoms with van der Waals surface area (Å²) in [5, 5.41) is 2.28. The molecular weight excluding hydrogens is 228 g/mol. The largest absolute Gasteiger partial charge is 0.494 e. The highest BCUT2D eigenvalue weighted by atomic mass is 35.5. The zero-order valence-electron chi connectivity index (χ0n) is 8.95. The molecule has 0 fully saturated rings. The number of rotatable bonds is 3. The second-order valence-corrected chi connectivity index (χ2v) is 3.54. The average Bonchev–Trinajstić information content (AvgIpc) is 2.30. The van der Waals surface area contributed by atoms with E-state index in [1.54, 1.807) is 13.3 Å². The minimum Gasteiger partial charge on any atom is -0.494 e. The van der Waals surface area contributed by atoms with Crippen LogP contribution in [0.4, 0.5) is 5.69 Å². The second-order valence-electron chi connectivity index (χ2n) is 3.18. The highest BCUT2D eigenvalue weighted by Gasteiger charge is 2.07. The number of nitrogens with one attached hydrogen (secondary N) is 1. The summed E-state index contributed by atoms with van der Waals surface area (Å²) in [6.45, 7) is 0. The van der Waals surface area contributed by atoms with Crippen LogP contribution in [-0.2, 0) is 4.84 Å². The van der Waals surface area contributed by atoms with E-state index in [0.717, 1.165) is 10.8 Å². The molecule has 0 saturated heterocycles. The van der Waals surface area contributed by atoms with E-state index in [1.165, 1.54) is 7.11 Å². The fourth-order valence-corrected chi connectivity index (χ4v) is 1.74. The van der Waals surface area contributed by atoms with Gasteiger partial charge in [-0.3, -0.25) is 10.3 Å². The Balaban J connectivity index is 2.65. The molecule has 0 aliphatic heterocycles. The monoisotopic (exact) mass is 238 g/mol. The molecule has 0 spiro atoms. The molecule has 0 saturated carbocycles. The average molecular weight is 239 g/mol. The number of hydrogen-bond acceptors (Lipinski definition) is 4. The lowest BCUT2D eigenvalue weighted by Gasteiger charge is -2.11. The van der Waals surface area contributed by atoms with E-state index < -0.39 is 0 Å². The predicted octanol–water partition coefficient (Wildman–Crippen LogP) is 2.87. The van der Waals surface area contributed by atoms with Crippen molar-refractivity contribution in [2.75, 3.05) is 19.7 Å². The first-order valence-corrected chi connectivity index (χ1v) is 5.05. The van der Waals surface area contributed by atoms with Gasteiger partial charge in [-0.15, -0.1) is 0 Å². The van der Waals surface area contributed by atoms with Crippen molar-refractivity contribution in [2.45, 2.75) is 0 Å². The van der Waals surface area contributed by atoms with E-state index in [-0.39, 0.29) is 0 Å². The first-order valence-electron chi connectivity index (χ1n) is 4.67. The molecule has 0 unspecified atom stereocenters. The third-order valence-electron chi connectivity index (χ3n) is 2.25. The van der Waals surface area contributed by atoms with Crippen LogP contribution in [0.2, 0.25) is 5.15 Å². The summed E-state index contributed by atoms with van der Waals surface area (Å²) in [6.07, 6.45) is 1.66. The summed E-state index contributed by atoms with van der Waals surface area (Å²) in [7, 11) is 3.14. The molecule has 0 bridgehead atoms. The van der Waals surface area contributed by atoms with Crippen LogP contribution in [0.5, 0.6) is 5.75 Å². The summed E-state index contributed by atoms with van der Waals surface area (Å²) in [4.78, 5) is 8.89. The Kier molecular flexibility index (Phi) is 3.12. The molecule has 2 aromatic rings. The zero-order valence-corrected chi connectivity index (χ0v) is 9.71. The van der Waals surface area contributed by atoms with Crippen LogP contribution >= 0.6 is 11.6 Å². The molecule has 0 aliphatic carbocycles. The number of aromatic nitrogens is 1. The molecule has 0 amide bonds. The van der Waals surface area contributed by atoms with E-state index in [1.807, 2.05) is 18.2 Å². The topological polar surface area (TPSA) is 43.4 Å². The maximum atomic E-state index is 6.00. The number of benzene rings is 1. The van der Waals surface area contributed by atoms with Crippen molar-refractivity contribution in [2.24, 2.45) is 0 Å². The molecule has 1 heterocycles. The molecule has 16 heavy (non-hydrogen) atoms. The first kappa shape index (κ1) is 11.0. The lowest BCUT2D eigenvalue weighted by molar-refractivity contribution is 0.268. The fourth-order valence-electron chi connectivity index (χ4n) is 1.52. The Labute approximate surface area is 98.1 Å². The van der Waals surface area contributed by atoms with Gasteiger partial charge >= 0.3 is 0 Å². The molecule has 1 N–H and O–H groups in total. The SMILES string of the molecule is CONc1cc2c(Cl)nccc2cc1OC. The smallest absolute Gasteiger partial charge is 0.144 e. The van der Waals surface area contributed by atoms with Gasteiger partial charge in [-0.05, 0) is 23.6 Å². The van der Waals surface area contributed by atoms with Gasteiger partial charge in [-0.25, -0.2) is 4.98 Å². The normalized spacial score (nSPS) is 10.4. The summed E-state index contributed by atoms with van der Waals surface area (Å²) < 4.78 is 5.24. The number of ether oxygens (including phenoxy) is 1. The van der Waals surface area contributed by atoms with E-state index >= 15 is 0 Å². The van der Waals surface area contributed by atoms with Gasteiger partial charge in [-0.2, -0.15) is 0 Å². The molecule has 0 atom stereocenters. The Hall–Kier alpha value is -1.52. The number of nitrogens with zero attached hydrogens (tertiary/aromatic N) is 1. The Morgan fingerprint density at radius 1 is 1.31 bits per heavy atom. The second kappa shape index (κ2) is 4.55. The van der Waals surface area contributed by atoms with Gasteiger partial charge in [0.2, 0.25) is 0 Å². The van der Waals surface area contributed by atoms with Crippen LogP contribution in [0, 0.1) is 0 Å². The predicted molar refractivity (Wildman–Crippen MR) is 63.9 cm³/mol. The van der Waals surface area contributed by atoms with Gasteiger partial charge in [0.05, 0.1) is 14.2 Å². The van der Waals surface area contributed by atoms with E-state index in [2.05, 4.69) is 10.5 Å². The van der Waals surface area contributed by atoms with Gasteiger partial charge in [0.15, 0.2) is 0 Å². The summed E-state index contributed by atoms with van der Waals surface area (Å²) >= 11 is 6.00. The maximum absolute atomic E-state index is 6.00. The number of pyridine rings is 1. The lowest BCUT2D eigenvalue weighted by Crippen LogP contribution is -1.98. The van der Waals surface area contributed by atoms with Crippen LogP contribution in [0.25, 0.3) is 10.8 Å². The van der Waals surface area contributed by atoms with Gasteiger partial charge < -0.3 is 4.74 Å². The standard InChI is InChI=1S/C11H11ClN2O2/c1-15-10-5-7-3-4-13-11(12)8(7)6-9(10)14-16-2/h3-6,14H,1-2H3. The summed E-state index contributed by atoms with van der Waals surface area (Å²) in [5.74, 6) is 0.691. The third-order valence-corrected chi connectivity index (χ3v) is 2.55.